The lowest BCUT2D eigenvalue weighted by Gasteiger charge is -2.10. The predicted molar refractivity (Wildman–Crippen MR) is 90.4 cm³/mol. The van der Waals surface area contributed by atoms with Gasteiger partial charge in [-0.15, -0.1) is 0 Å². The van der Waals surface area contributed by atoms with Gasteiger partial charge >= 0.3 is 0 Å². The Labute approximate surface area is 137 Å². The molecule has 0 atom stereocenters. The molecule has 6 heteroatoms. The normalized spacial score (nSPS) is 10.3. The molecule has 0 saturated heterocycles. The van der Waals surface area contributed by atoms with Crippen LogP contribution in [0, 0.1) is 13.8 Å². The molecule has 4 nitrogen and oxygen atoms in total. The topological polar surface area (TPSA) is 54.0 Å². The molecule has 2 N–H and O–H groups in total. The minimum Gasteiger partial charge on any atom is -0.372 e. The van der Waals surface area contributed by atoms with Gasteiger partial charge in [-0.3, -0.25) is 4.79 Å². The van der Waals surface area contributed by atoms with Crippen molar-refractivity contribution in [1.82, 2.24) is 4.98 Å². The molecule has 110 valence electrons. The number of amides is 1. The van der Waals surface area contributed by atoms with Crippen molar-refractivity contribution in [3.05, 3.63) is 50.6 Å². The third kappa shape index (κ3) is 3.54. The number of hydrogen-bond acceptors (Lipinski definition) is 3. The minimum absolute atomic E-state index is 0.242. The highest BCUT2D eigenvalue weighted by molar-refractivity contribution is 9.10. The quantitative estimate of drug-likeness (QED) is 0.844. The molecular weight excluding hydrogens is 354 g/mol. The van der Waals surface area contributed by atoms with Crippen molar-refractivity contribution >= 4 is 44.9 Å². The molecule has 1 aromatic carbocycles. The van der Waals surface area contributed by atoms with Gasteiger partial charge in [-0.05, 0) is 43.2 Å². The van der Waals surface area contributed by atoms with Crippen molar-refractivity contribution in [1.29, 1.82) is 0 Å². The van der Waals surface area contributed by atoms with Crippen molar-refractivity contribution in [2.45, 2.75) is 13.8 Å². The summed E-state index contributed by atoms with van der Waals surface area (Å²) in [6, 6.07) is 5.41. The van der Waals surface area contributed by atoms with Gasteiger partial charge in [-0.2, -0.15) is 0 Å². The molecule has 1 amide bonds. The van der Waals surface area contributed by atoms with Crippen LogP contribution in [0.2, 0.25) is 5.02 Å². The molecular formula is C15H15BrClN3O. The fraction of sp³-hybridized carbons (Fsp3) is 0.200. The maximum absolute atomic E-state index is 12.2. The Morgan fingerprint density at radius 1 is 1.24 bits per heavy atom. The molecule has 0 spiro atoms. The first-order valence-electron chi connectivity index (χ1n) is 6.33. The highest BCUT2D eigenvalue weighted by atomic mass is 79.9. The van der Waals surface area contributed by atoms with Gasteiger partial charge in [-0.1, -0.05) is 27.5 Å². The van der Waals surface area contributed by atoms with Crippen LogP contribution in [0.3, 0.4) is 0 Å². The summed E-state index contributed by atoms with van der Waals surface area (Å²) < 4.78 is 1.04. The lowest BCUT2D eigenvalue weighted by molar-refractivity contribution is 0.102. The number of carbonyl (C=O) groups excluding carboxylic acids is 1. The number of anilines is 2. The fourth-order valence-electron chi connectivity index (χ4n) is 1.97. The van der Waals surface area contributed by atoms with Gasteiger partial charge in [0.15, 0.2) is 0 Å². The average Bonchev–Trinajstić information content (AvgIpc) is 2.44. The van der Waals surface area contributed by atoms with Crippen molar-refractivity contribution < 1.29 is 4.79 Å². The number of aromatic nitrogens is 1. The Kier molecular flexibility index (Phi) is 4.85. The van der Waals surface area contributed by atoms with E-state index in [0.29, 0.717) is 16.4 Å². The van der Waals surface area contributed by atoms with Gasteiger partial charge in [-0.25, -0.2) is 4.98 Å². The van der Waals surface area contributed by atoms with E-state index in [-0.39, 0.29) is 5.91 Å². The number of halogens is 2. The zero-order valence-corrected chi connectivity index (χ0v) is 14.3. The Hall–Kier alpha value is -1.59. The molecule has 1 heterocycles. The standard InChI is InChI=1S/C15H15BrClN3O/c1-8-4-11(5-9(2)13(8)16)20-15(21)10-6-12(17)14(18-3)19-7-10/h4-7H,1-3H3,(H,18,19)(H,20,21). The van der Waals surface area contributed by atoms with Gasteiger partial charge in [0.25, 0.3) is 5.91 Å². The van der Waals surface area contributed by atoms with Crippen LogP contribution >= 0.6 is 27.5 Å². The van der Waals surface area contributed by atoms with Crippen LogP contribution in [0.1, 0.15) is 21.5 Å². The number of nitrogens with one attached hydrogen (secondary N) is 2. The summed E-state index contributed by atoms with van der Waals surface area (Å²) in [6.07, 6.45) is 1.49. The largest absolute Gasteiger partial charge is 0.372 e. The Morgan fingerprint density at radius 3 is 2.38 bits per heavy atom. The molecule has 0 fully saturated rings. The summed E-state index contributed by atoms with van der Waals surface area (Å²) in [5.41, 5.74) is 3.28. The molecule has 2 rings (SSSR count). The number of carbonyl (C=O) groups is 1. The van der Waals surface area contributed by atoms with Crippen LogP contribution in [-0.2, 0) is 0 Å². The molecule has 0 radical (unpaired) electrons. The van der Waals surface area contributed by atoms with E-state index in [9.17, 15) is 4.79 Å². The van der Waals surface area contributed by atoms with Crippen molar-refractivity contribution in [3.63, 3.8) is 0 Å². The van der Waals surface area contributed by atoms with E-state index >= 15 is 0 Å². The molecule has 0 saturated carbocycles. The second-order valence-corrected chi connectivity index (χ2v) is 5.88. The molecule has 1 aromatic heterocycles. The summed E-state index contributed by atoms with van der Waals surface area (Å²) in [7, 11) is 1.72. The fourth-order valence-corrected chi connectivity index (χ4v) is 2.46. The zero-order chi connectivity index (χ0) is 15.6. The maximum Gasteiger partial charge on any atom is 0.257 e. The number of pyridine rings is 1. The summed E-state index contributed by atoms with van der Waals surface area (Å²) in [4.78, 5) is 16.3. The summed E-state index contributed by atoms with van der Waals surface area (Å²) >= 11 is 9.54. The van der Waals surface area contributed by atoms with Crippen LogP contribution in [-0.4, -0.2) is 17.9 Å². The second-order valence-electron chi connectivity index (χ2n) is 4.68. The Morgan fingerprint density at radius 2 is 1.86 bits per heavy atom. The highest BCUT2D eigenvalue weighted by Gasteiger charge is 2.11. The maximum atomic E-state index is 12.2. The second kappa shape index (κ2) is 6.45. The molecule has 0 aliphatic carbocycles. The van der Waals surface area contributed by atoms with E-state index in [4.69, 9.17) is 11.6 Å². The highest BCUT2D eigenvalue weighted by Crippen LogP contribution is 2.26. The van der Waals surface area contributed by atoms with Crippen LogP contribution in [0.15, 0.2) is 28.9 Å². The molecule has 0 aliphatic heterocycles. The van der Waals surface area contributed by atoms with Crippen LogP contribution in [0.5, 0.6) is 0 Å². The van der Waals surface area contributed by atoms with Crippen LogP contribution in [0.25, 0.3) is 0 Å². The van der Waals surface area contributed by atoms with Crippen molar-refractivity contribution in [3.8, 4) is 0 Å². The van der Waals surface area contributed by atoms with Crippen LogP contribution < -0.4 is 10.6 Å². The van der Waals surface area contributed by atoms with E-state index in [2.05, 4.69) is 31.5 Å². The predicted octanol–water partition coefficient (Wildman–Crippen LogP) is 4.41. The number of aryl methyl sites for hydroxylation is 2. The molecule has 0 bridgehead atoms. The van der Waals surface area contributed by atoms with Crippen LogP contribution in [0.4, 0.5) is 11.5 Å². The number of nitrogens with zero attached hydrogens (tertiary/aromatic N) is 1. The minimum atomic E-state index is -0.242. The molecule has 0 unspecified atom stereocenters. The van der Waals surface area contributed by atoms with E-state index in [1.165, 1.54) is 6.20 Å². The summed E-state index contributed by atoms with van der Waals surface area (Å²) in [6.45, 7) is 3.96. The number of hydrogen-bond donors (Lipinski definition) is 2. The molecule has 2 aromatic rings. The van der Waals surface area contributed by atoms with Crippen molar-refractivity contribution in [2.24, 2.45) is 0 Å². The van der Waals surface area contributed by atoms with Gasteiger partial charge in [0.05, 0.1) is 10.6 Å². The van der Waals surface area contributed by atoms with E-state index < -0.39 is 0 Å². The molecule has 21 heavy (non-hydrogen) atoms. The number of benzene rings is 1. The van der Waals surface area contributed by atoms with E-state index in [1.807, 2.05) is 26.0 Å². The van der Waals surface area contributed by atoms with Gasteiger partial charge in [0.1, 0.15) is 5.82 Å². The number of rotatable bonds is 3. The summed E-state index contributed by atoms with van der Waals surface area (Å²) in [5, 5.41) is 6.12. The first-order chi connectivity index (χ1) is 9.92. The molecule has 0 aliphatic rings. The Balaban J connectivity index is 2.24. The van der Waals surface area contributed by atoms with Crippen molar-refractivity contribution in [2.75, 3.05) is 17.7 Å². The smallest absolute Gasteiger partial charge is 0.257 e. The first kappa shape index (κ1) is 15.8. The summed E-state index contributed by atoms with van der Waals surface area (Å²) in [5.74, 6) is 0.303. The van der Waals surface area contributed by atoms with Gasteiger partial charge in [0.2, 0.25) is 0 Å². The third-order valence-electron chi connectivity index (χ3n) is 3.03. The van der Waals surface area contributed by atoms with E-state index in [1.54, 1.807) is 13.1 Å². The third-order valence-corrected chi connectivity index (χ3v) is 4.57. The first-order valence-corrected chi connectivity index (χ1v) is 7.51. The Bertz CT molecular complexity index is 680. The monoisotopic (exact) mass is 367 g/mol. The van der Waals surface area contributed by atoms with E-state index in [0.717, 1.165) is 21.3 Å². The lowest BCUT2D eigenvalue weighted by Crippen LogP contribution is -2.13. The van der Waals surface area contributed by atoms with Gasteiger partial charge in [0, 0.05) is 23.4 Å². The van der Waals surface area contributed by atoms with Gasteiger partial charge < -0.3 is 10.6 Å². The SMILES string of the molecule is CNc1ncc(C(=O)Nc2cc(C)c(Br)c(C)c2)cc1Cl. The lowest BCUT2D eigenvalue weighted by atomic mass is 10.1. The zero-order valence-electron chi connectivity index (χ0n) is 11.9. The average molecular weight is 369 g/mol.